The number of ether oxygens (including phenoxy) is 2. The summed E-state index contributed by atoms with van der Waals surface area (Å²) in [7, 11) is 0.948. The number of benzene rings is 2. The van der Waals surface area contributed by atoms with E-state index in [1.807, 2.05) is 6.92 Å². The Morgan fingerprint density at radius 1 is 1.13 bits per heavy atom. The average molecular weight is 558 g/mol. The first kappa shape index (κ1) is 27.7. The van der Waals surface area contributed by atoms with E-state index in [1.54, 1.807) is 24.3 Å². The lowest BCUT2D eigenvalue weighted by atomic mass is 10.0. The Balaban J connectivity index is 1.86. The summed E-state index contributed by atoms with van der Waals surface area (Å²) >= 11 is 1.14. The summed E-state index contributed by atoms with van der Waals surface area (Å²) in [6.45, 7) is 4.69. The second-order valence-electron chi connectivity index (χ2n) is 9.15. The van der Waals surface area contributed by atoms with Crippen LogP contribution in [0.3, 0.4) is 0 Å². The molecule has 2 aromatic carbocycles. The first-order chi connectivity index (χ1) is 18.2. The third kappa shape index (κ3) is 5.31. The Kier molecular flexibility index (Phi) is 7.14. The van der Waals surface area contributed by atoms with E-state index < -0.39 is 34.7 Å². The number of alkyl halides is 3. The molecule has 0 saturated carbocycles. The zero-order valence-corrected chi connectivity index (χ0v) is 22.1. The molecular formula is C27H22F3N3O5S. The smallest absolute Gasteiger partial charge is 0.431 e. The number of carbonyl (C=O) groups is 1. The Bertz CT molecular complexity index is 1760. The maximum Gasteiger partial charge on any atom is 0.431 e. The summed E-state index contributed by atoms with van der Waals surface area (Å²) in [4.78, 5) is 38.0. The number of fused-ring (bicyclic) bond motifs is 1. The zero-order valence-electron chi connectivity index (χ0n) is 21.3. The molecule has 0 N–H and O–H groups in total. The predicted molar refractivity (Wildman–Crippen MR) is 140 cm³/mol. The summed E-state index contributed by atoms with van der Waals surface area (Å²) < 4.78 is 57.2. The zero-order chi connectivity index (χ0) is 28.7. The number of carbonyl (C=O) groups excluding carboxylic acids is 1. The van der Waals surface area contributed by atoms with Crippen molar-refractivity contribution < 1.29 is 27.4 Å². The number of terminal acetylenes is 1. The highest BCUT2D eigenvalue weighted by molar-refractivity contribution is 7.13. The molecule has 0 aliphatic heterocycles. The molecule has 0 aliphatic carbocycles. The first-order valence-corrected chi connectivity index (χ1v) is 12.2. The molecule has 4 aromatic rings. The number of aromatic nitrogens is 3. The van der Waals surface area contributed by atoms with Gasteiger partial charge in [-0.2, -0.15) is 17.5 Å². The molecule has 4 rings (SSSR count). The van der Waals surface area contributed by atoms with Gasteiger partial charge in [0.1, 0.15) is 11.4 Å². The number of nitrogens with zero attached hydrogens (tertiary/aromatic N) is 3. The van der Waals surface area contributed by atoms with Crippen molar-refractivity contribution in [2.24, 2.45) is 7.05 Å². The molecule has 0 aliphatic rings. The largest absolute Gasteiger partial charge is 0.475 e. The number of halogens is 3. The van der Waals surface area contributed by atoms with E-state index in [9.17, 15) is 27.6 Å². The molecule has 0 fully saturated rings. The van der Waals surface area contributed by atoms with Gasteiger partial charge in [0.05, 0.1) is 16.1 Å². The van der Waals surface area contributed by atoms with Crippen LogP contribution in [0, 0.1) is 19.3 Å². The molecular weight excluding hydrogens is 535 g/mol. The maximum absolute atomic E-state index is 13.3. The Morgan fingerprint density at radius 2 is 1.85 bits per heavy atom. The molecule has 12 heteroatoms. The van der Waals surface area contributed by atoms with Crippen LogP contribution >= 0.6 is 11.5 Å². The SMILES string of the molecule is C#CCOC(=O)C(C)(C)Oc1ccc(C)cc1-c1nsc2ccc(-n3c(=O)cc(C(F)(F)F)n(C)c3=O)cc12. The third-order valence-corrected chi connectivity index (χ3v) is 6.68. The van der Waals surface area contributed by atoms with Gasteiger partial charge in [0.2, 0.25) is 0 Å². The van der Waals surface area contributed by atoms with Crippen molar-refractivity contribution in [2.75, 3.05) is 6.61 Å². The number of esters is 1. The van der Waals surface area contributed by atoms with Crippen LogP contribution in [0.5, 0.6) is 5.75 Å². The quantitative estimate of drug-likeness (QED) is 0.257. The third-order valence-electron chi connectivity index (χ3n) is 5.86. The molecule has 8 nitrogen and oxygen atoms in total. The van der Waals surface area contributed by atoms with E-state index in [1.165, 1.54) is 26.0 Å². The molecule has 0 radical (unpaired) electrons. The monoisotopic (exact) mass is 557 g/mol. The van der Waals surface area contributed by atoms with Gasteiger partial charge >= 0.3 is 17.8 Å². The Hall–Kier alpha value is -4.37. The van der Waals surface area contributed by atoms with Crippen molar-refractivity contribution in [3.05, 3.63) is 74.6 Å². The first-order valence-electron chi connectivity index (χ1n) is 11.5. The van der Waals surface area contributed by atoms with Crippen LogP contribution in [0.4, 0.5) is 13.2 Å². The van der Waals surface area contributed by atoms with E-state index in [0.29, 0.717) is 42.3 Å². The van der Waals surface area contributed by atoms with E-state index in [-0.39, 0.29) is 12.3 Å². The van der Waals surface area contributed by atoms with Gasteiger partial charge in [0.15, 0.2) is 12.2 Å². The minimum Gasteiger partial charge on any atom is -0.475 e. The van der Waals surface area contributed by atoms with Gasteiger partial charge in [-0.25, -0.2) is 14.2 Å². The molecule has 2 aromatic heterocycles. The topological polar surface area (TPSA) is 92.4 Å². The van der Waals surface area contributed by atoms with Gasteiger partial charge in [0.25, 0.3) is 5.56 Å². The molecule has 0 unspecified atom stereocenters. The van der Waals surface area contributed by atoms with Crippen molar-refractivity contribution in [1.29, 1.82) is 0 Å². The van der Waals surface area contributed by atoms with Crippen LogP contribution in [0.2, 0.25) is 0 Å². The van der Waals surface area contributed by atoms with Gasteiger partial charge in [-0.1, -0.05) is 17.6 Å². The highest BCUT2D eigenvalue weighted by Gasteiger charge is 2.35. The van der Waals surface area contributed by atoms with Crippen molar-refractivity contribution in [3.8, 4) is 35.0 Å². The fourth-order valence-corrected chi connectivity index (χ4v) is 4.68. The van der Waals surface area contributed by atoms with Crippen molar-refractivity contribution in [3.63, 3.8) is 0 Å². The van der Waals surface area contributed by atoms with E-state index in [4.69, 9.17) is 15.9 Å². The van der Waals surface area contributed by atoms with Crippen molar-refractivity contribution in [2.45, 2.75) is 32.5 Å². The van der Waals surface area contributed by atoms with E-state index in [0.717, 1.165) is 24.1 Å². The lowest BCUT2D eigenvalue weighted by molar-refractivity contribution is -0.157. The summed E-state index contributed by atoms with van der Waals surface area (Å²) in [6, 6.07) is 10.2. The Morgan fingerprint density at radius 3 is 2.51 bits per heavy atom. The standard InChI is InChI=1S/C27H22F3N3O5S/c1-6-11-37-24(35)26(3,4)38-19-9-7-15(2)12-17(19)23-18-13-16(8-10-20(18)39-31-23)33-22(34)14-21(27(28,29)30)32(5)25(33)36/h1,7-10,12-14H,11H2,2-5H3. The van der Waals surface area contributed by atoms with Crippen LogP contribution in [0.25, 0.3) is 27.0 Å². The highest BCUT2D eigenvalue weighted by atomic mass is 32.1. The van der Waals surface area contributed by atoms with Gasteiger partial charge in [-0.05, 0) is 62.6 Å². The summed E-state index contributed by atoms with van der Waals surface area (Å²) in [5.41, 5.74) is -3.15. The fraction of sp³-hybridized carbons (Fsp3) is 0.259. The number of rotatable bonds is 6. The summed E-state index contributed by atoms with van der Waals surface area (Å²) in [6.07, 6.45) is 0.299. The number of aryl methyl sites for hydroxylation is 1. The van der Waals surface area contributed by atoms with Crippen LogP contribution in [-0.4, -0.2) is 31.7 Å². The van der Waals surface area contributed by atoms with Crippen LogP contribution in [0.1, 0.15) is 25.1 Å². The maximum atomic E-state index is 13.3. The Labute approximate surface area is 224 Å². The second-order valence-corrected chi connectivity index (χ2v) is 9.95. The van der Waals surface area contributed by atoms with Gasteiger partial charge in [0, 0.05) is 24.1 Å². The molecule has 0 amide bonds. The number of hydrogen-bond donors (Lipinski definition) is 0. The fourth-order valence-electron chi connectivity index (χ4n) is 3.91. The van der Waals surface area contributed by atoms with E-state index in [2.05, 4.69) is 10.3 Å². The van der Waals surface area contributed by atoms with Gasteiger partial charge in [-0.15, -0.1) is 6.42 Å². The molecule has 0 bridgehead atoms. The molecule has 0 atom stereocenters. The van der Waals surface area contributed by atoms with Crippen LogP contribution < -0.4 is 16.0 Å². The lowest BCUT2D eigenvalue weighted by Gasteiger charge is -2.25. The lowest BCUT2D eigenvalue weighted by Crippen LogP contribution is -2.40. The minimum atomic E-state index is -4.87. The summed E-state index contributed by atoms with van der Waals surface area (Å²) in [5, 5.41) is 0.523. The van der Waals surface area contributed by atoms with Crippen molar-refractivity contribution >= 4 is 27.6 Å². The normalized spacial score (nSPS) is 11.8. The molecule has 2 heterocycles. The average Bonchev–Trinajstić information content (AvgIpc) is 3.28. The van der Waals surface area contributed by atoms with Gasteiger partial charge < -0.3 is 9.47 Å². The highest BCUT2D eigenvalue weighted by Crippen LogP contribution is 2.39. The number of hydrogen-bond acceptors (Lipinski definition) is 7. The second kappa shape index (κ2) is 10.1. The van der Waals surface area contributed by atoms with E-state index >= 15 is 0 Å². The predicted octanol–water partition coefficient (Wildman–Crippen LogP) is 4.47. The molecule has 202 valence electrons. The van der Waals surface area contributed by atoms with Gasteiger partial charge in [-0.3, -0.25) is 9.36 Å². The molecule has 39 heavy (non-hydrogen) atoms. The van der Waals surface area contributed by atoms with Crippen LogP contribution in [-0.2, 0) is 22.8 Å². The van der Waals surface area contributed by atoms with Crippen molar-refractivity contribution in [1.82, 2.24) is 13.5 Å². The molecule has 0 saturated heterocycles. The summed E-state index contributed by atoms with van der Waals surface area (Å²) in [5.74, 6) is 1.86. The molecule has 0 spiro atoms. The minimum absolute atomic E-state index is 0.0663. The van der Waals surface area contributed by atoms with Crippen LogP contribution in [0.15, 0.2) is 52.1 Å².